The summed E-state index contributed by atoms with van der Waals surface area (Å²) in [6.07, 6.45) is 3.22. The van der Waals surface area contributed by atoms with Crippen LogP contribution in [0.15, 0.2) is 0 Å². The van der Waals surface area contributed by atoms with Crippen molar-refractivity contribution in [2.45, 2.75) is 59.0 Å². The van der Waals surface area contributed by atoms with E-state index in [1.54, 1.807) is 0 Å². The van der Waals surface area contributed by atoms with E-state index in [9.17, 15) is 8.42 Å². The summed E-state index contributed by atoms with van der Waals surface area (Å²) in [5.74, 6) is 1.34. The van der Waals surface area contributed by atoms with Crippen LogP contribution in [0.5, 0.6) is 0 Å². The molecule has 0 aromatic heterocycles. The fourth-order valence-corrected chi connectivity index (χ4v) is 3.93. The van der Waals surface area contributed by atoms with Crippen LogP contribution in [-0.2, 0) is 10.0 Å². The average molecular weight is 276 g/mol. The zero-order valence-electron chi connectivity index (χ0n) is 12.1. The highest BCUT2D eigenvalue weighted by molar-refractivity contribution is 7.89. The van der Waals surface area contributed by atoms with Gasteiger partial charge in [0.05, 0.1) is 5.75 Å². The summed E-state index contributed by atoms with van der Waals surface area (Å²) in [5, 5.41) is 3.14. The summed E-state index contributed by atoms with van der Waals surface area (Å²) in [6, 6.07) is 0.458. The molecule has 0 radical (unpaired) electrons. The van der Waals surface area contributed by atoms with Crippen molar-refractivity contribution in [3.63, 3.8) is 0 Å². The number of hydrogen-bond acceptors (Lipinski definition) is 3. The van der Waals surface area contributed by atoms with Crippen molar-refractivity contribution < 1.29 is 8.42 Å². The van der Waals surface area contributed by atoms with Crippen molar-refractivity contribution in [1.29, 1.82) is 0 Å². The quantitative estimate of drug-likeness (QED) is 0.777. The zero-order chi connectivity index (χ0) is 13.8. The Balaban J connectivity index is 2.40. The van der Waals surface area contributed by atoms with Gasteiger partial charge in [-0.25, -0.2) is 13.1 Å². The number of hydrogen-bond donors (Lipinski definition) is 2. The third-order valence-corrected chi connectivity index (χ3v) is 5.09. The SMILES string of the molecule is CC1CCC(NS(=O)(=O)CCNC(C)C)C(C)C1. The van der Waals surface area contributed by atoms with Gasteiger partial charge in [-0.1, -0.05) is 27.7 Å². The molecule has 1 rings (SSSR count). The maximum atomic E-state index is 12.0. The van der Waals surface area contributed by atoms with Crippen LogP contribution in [0, 0.1) is 11.8 Å². The molecule has 0 saturated heterocycles. The first-order valence-corrected chi connectivity index (χ1v) is 8.69. The predicted octanol–water partition coefficient (Wildman–Crippen LogP) is 1.73. The van der Waals surface area contributed by atoms with E-state index in [0.29, 0.717) is 18.5 Å². The summed E-state index contributed by atoms with van der Waals surface area (Å²) in [5.41, 5.74) is 0. The van der Waals surface area contributed by atoms with Crippen LogP contribution in [0.25, 0.3) is 0 Å². The Bertz CT molecular complexity index is 341. The molecule has 0 heterocycles. The molecule has 1 fully saturated rings. The molecule has 0 aromatic rings. The summed E-state index contributed by atoms with van der Waals surface area (Å²) in [4.78, 5) is 0. The van der Waals surface area contributed by atoms with Gasteiger partial charge in [0.1, 0.15) is 0 Å². The summed E-state index contributed by atoms with van der Waals surface area (Å²) < 4.78 is 26.8. The second-order valence-corrected chi connectivity index (χ2v) is 7.92. The van der Waals surface area contributed by atoms with Crippen LogP contribution in [0.1, 0.15) is 47.0 Å². The molecule has 3 unspecified atom stereocenters. The Labute approximate surface area is 112 Å². The Morgan fingerprint density at radius 2 is 1.89 bits per heavy atom. The van der Waals surface area contributed by atoms with Gasteiger partial charge in [0.2, 0.25) is 10.0 Å². The number of nitrogens with one attached hydrogen (secondary N) is 2. The van der Waals surface area contributed by atoms with Crippen LogP contribution in [-0.4, -0.2) is 32.8 Å². The lowest BCUT2D eigenvalue weighted by Crippen LogP contribution is -2.44. The fourth-order valence-electron chi connectivity index (χ4n) is 2.61. The van der Waals surface area contributed by atoms with Crippen LogP contribution < -0.4 is 10.0 Å². The van der Waals surface area contributed by atoms with Gasteiger partial charge in [-0.3, -0.25) is 0 Å². The third kappa shape index (κ3) is 5.67. The molecular weight excluding hydrogens is 248 g/mol. The van der Waals surface area contributed by atoms with Crippen molar-refractivity contribution in [2.75, 3.05) is 12.3 Å². The van der Waals surface area contributed by atoms with Crippen molar-refractivity contribution in [3.05, 3.63) is 0 Å². The Morgan fingerprint density at radius 1 is 1.22 bits per heavy atom. The molecule has 1 saturated carbocycles. The highest BCUT2D eigenvalue weighted by atomic mass is 32.2. The monoisotopic (exact) mass is 276 g/mol. The number of rotatable bonds is 6. The molecular formula is C13H28N2O2S. The Hall–Kier alpha value is -0.130. The molecule has 0 aliphatic heterocycles. The van der Waals surface area contributed by atoms with Gasteiger partial charge < -0.3 is 5.32 Å². The number of sulfonamides is 1. The van der Waals surface area contributed by atoms with Gasteiger partial charge >= 0.3 is 0 Å². The highest BCUT2D eigenvalue weighted by Crippen LogP contribution is 2.28. The van der Waals surface area contributed by atoms with Crippen LogP contribution >= 0.6 is 0 Å². The maximum absolute atomic E-state index is 12.0. The van der Waals surface area contributed by atoms with E-state index in [-0.39, 0.29) is 11.8 Å². The molecule has 5 heteroatoms. The van der Waals surface area contributed by atoms with Gasteiger partial charge in [0.25, 0.3) is 0 Å². The van der Waals surface area contributed by atoms with Gasteiger partial charge in [-0.15, -0.1) is 0 Å². The minimum absolute atomic E-state index is 0.130. The first-order valence-electron chi connectivity index (χ1n) is 7.03. The van der Waals surface area contributed by atoms with Crippen LogP contribution in [0.3, 0.4) is 0 Å². The minimum atomic E-state index is -3.14. The largest absolute Gasteiger partial charge is 0.313 e. The summed E-state index contributed by atoms with van der Waals surface area (Å²) >= 11 is 0. The molecule has 0 aromatic carbocycles. The highest BCUT2D eigenvalue weighted by Gasteiger charge is 2.28. The second-order valence-electron chi connectivity index (χ2n) is 6.05. The second kappa shape index (κ2) is 6.87. The molecule has 0 spiro atoms. The topological polar surface area (TPSA) is 58.2 Å². The Kier molecular flexibility index (Phi) is 6.08. The van der Waals surface area contributed by atoms with Crippen molar-refractivity contribution in [2.24, 2.45) is 11.8 Å². The first-order chi connectivity index (χ1) is 8.30. The van der Waals surface area contributed by atoms with Gasteiger partial charge in [0.15, 0.2) is 0 Å². The predicted molar refractivity (Wildman–Crippen MR) is 76.0 cm³/mol. The van der Waals surface area contributed by atoms with Gasteiger partial charge in [-0.05, 0) is 31.1 Å². The standard InChI is InChI=1S/C13H28N2O2S/c1-10(2)14-7-8-18(16,17)15-13-6-5-11(3)9-12(13)4/h10-15H,5-9H2,1-4H3. The van der Waals surface area contributed by atoms with Crippen molar-refractivity contribution in [3.8, 4) is 0 Å². The van der Waals surface area contributed by atoms with Crippen molar-refractivity contribution >= 4 is 10.0 Å². The van der Waals surface area contributed by atoms with E-state index in [0.717, 1.165) is 25.2 Å². The molecule has 4 nitrogen and oxygen atoms in total. The average Bonchev–Trinajstić information content (AvgIpc) is 2.21. The summed E-state index contributed by atoms with van der Waals surface area (Å²) in [7, 11) is -3.14. The molecule has 108 valence electrons. The van der Waals surface area contributed by atoms with Crippen LogP contribution in [0.4, 0.5) is 0 Å². The van der Waals surface area contributed by atoms with E-state index in [2.05, 4.69) is 23.9 Å². The molecule has 2 N–H and O–H groups in total. The van der Waals surface area contributed by atoms with E-state index in [1.165, 1.54) is 0 Å². The molecule has 1 aliphatic carbocycles. The van der Waals surface area contributed by atoms with E-state index in [4.69, 9.17) is 0 Å². The van der Waals surface area contributed by atoms with Gasteiger partial charge in [-0.2, -0.15) is 0 Å². The molecule has 0 amide bonds. The summed E-state index contributed by atoms with van der Waals surface area (Å²) in [6.45, 7) is 8.95. The van der Waals surface area contributed by atoms with Gasteiger partial charge in [0, 0.05) is 18.6 Å². The molecule has 0 bridgehead atoms. The Morgan fingerprint density at radius 3 is 2.44 bits per heavy atom. The van der Waals surface area contributed by atoms with E-state index >= 15 is 0 Å². The molecule has 18 heavy (non-hydrogen) atoms. The lowest BCUT2D eigenvalue weighted by Gasteiger charge is -2.32. The fraction of sp³-hybridized carbons (Fsp3) is 1.00. The first kappa shape index (κ1) is 15.9. The van der Waals surface area contributed by atoms with Crippen LogP contribution in [0.2, 0.25) is 0 Å². The zero-order valence-corrected chi connectivity index (χ0v) is 12.9. The third-order valence-electron chi connectivity index (χ3n) is 3.69. The van der Waals surface area contributed by atoms with E-state index in [1.807, 2.05) is 13.8 Å². The minimum Gasteiger partial charge on any atom is -0.313 e. The lowest BCUT2D eigenvalue weighted by atomic mass is 9.80. The molecule has 1 aliphatic rings. The normalized spacial score (nSPS) is 29.7. The maximum Gasteiger partial charge on any atom is 0.213 e. The lowest BCUT2D eigenvalue weighted by molar-refractivity contribution is 0.249. The van der Waals surface area contributed by atoms with Crippen molar-refractivity contribution in [1.82, 2.24) is 10.0 Å². The smallest absolute Gasteiger partial charge is 0.213 e. The van der Waals surface area contributed by atoms with E-state index < -0.39 is 10.0 Å². The molecule has 3 atom stereocenters.